The van der Waals surface area contributed by atoms with Gasteiger partial charge in [0.05, 0.1) is 6.61 Å². The molecule has 0 amide bonds. The number of carbonyl (C=O) groups excluding carboxylic acids is 1. The number of rotatable bonds is 1. The summed E-state index contributed by atoms with van der Waals surface area (Å²) in [5.41, 5.74) is 2.28. The number of hydrogen-bond donors (Lipinski definition) is 0. The summed E-state index contributed by atoms with van der Waals surface area (Å²) in [5.74, 6) is -0.219. The van der Waals surface area contributed by atoms with E-state index in [4.69, 9.17) is 4.74 Å². The Morgan fingerprint density at radius 2 is 2.36 bits per heavy atom. The maximum atomic E-state index is 10.7. The van der Waals surface area contributed by atoms with Crippen LogP contribution >= 0.6 is 0 Å². The first-order valence-corrected chi connectivity index (χ1v) is 3.71. The van der Waals surface area contributed by atoms with Gasteiger partial charge in [-0.3, -0.25) is 0 Å². The van der Waals surface area contributed by atoms with Crippen molar-refractivity contribution >= 4 is 5.97 Å². The maximum absolute atomic E-state index is 10.7. The zero-order valence-electron chi connectivity index (χ0n) is 6.89. The molecule has 1 aliphatic heterocycles. The summed E-state index contributed by atoms with van der Waals surface area (Å²) in [6.07, 6.45) is 4.41. The van der Waals surface area contributed by atoms with Crippen LogP contribution in [0.2, 0.25) is 0 Å². The lowest BCUT2D eigenvalue weighted by Gasteiger charge is -2.09. The van der Waals surface area contributed by atoms with Gasteiger partial charge in [0.15, 0.2) is 0 Å². The highest BCUT2D eigenvalue weighted by atomic mass is 16.5. The molecular formula is C9H12O2. The van der Waals surface area contributed by atoms with Crippen LogP contribution in [0.25, 0.3) is 0 Å². The van der Waals surface area contributed by atoms with E-state index in [1.54, 1.807) is 6.08 Å². The third-order valence-corrected chi connectivity index (χ3v) is 1.41. The summed E-state index contributed by atoms with van der Waals surface area (Å²) < 4.78 is 4.75. The summed E-state index contributed by atoms with van der Waals surface area (Å²) in [6.45, 7) is 4.55. The first-order valence-electron chi connectivity index (χ1n) is 3.71. The molecule has 0 aromatic heterocycles. The normalized spacial score (nSPS) is 16.9. The molecule has 1 heterocycles. The SMILES string of the molecule is CC(C)=CC1=CC(=O)OCC1. The highest BCUT2D eigenvalue weighted by Crippen LogP contribution is 2.11. The second kappa shape index (κ2) is 3.37. The molecule has 0 spiro atoms. The van der Waals surface area contributed by atoms with Gasteiger partial charge >= 0.3 is 5.97 Å². The fraction of sp³-hybridized carbons (Fsp3) is 0.444. The molecule has 0 saturated carbocycles. The van der Waals surface area contributed by atoms with E-state index in [0.717, 1.165) is 12.0 Å². The molecule has 1 aliphatic rings. The lowest BCUT2D eigenvalue weighted by atomic mass is 10.1. The van der Waals surface area contributed by atoms with Gasteiger partial charge in [0.25, 0.3) is 0 Å². The van der Waals surface area contributed by atoms with E-state index < -0.39 is 0 Å². The van der Waals surface area contributed by atoms with E-state index in [0.29, 0.717) is 6.61 Å². The second-order valence-corrected chi connectivity index (χ2v) is 2.86. The highest BCUT2D eigenvalue weighted by molar-refractivity contribution is 5.84. The van der Waals surface area contributed by atoms with Crippen LogP contribution in [0, 0.1) is 0 Å². The Morgan fingerprint density at radius 1 is 1.64 bits per heavy atom. The molecular weight excluding hydrogens is 140 g/mol. The van der Waals surface area contributed by atoms with E-state index >= 15 is 0 Å². The van der Waals surface area contributed by atoms with Crippen molar-refractivity contribution in [3.8, 4) is 0 Å². The molecule has 1 rings (SSSR count). The molecule has 0 unspecified atom stereocenters. The van der Waals surface area contributed by atoms with E-state index in [1.165, 1.54) is 5.57 Å². The Hall–Kier alpha value is -1.05. The number of ether oxygens (including phenoxy) is 1. The molecule has 0 saturated heterocycles. The van der Waals surface area contributed by atoms with Crippen LogP contribution in [0.4, 0.5) is 0 Å². The molecule has 11 heavy (non-hydrogen) atoms. The minimum atomic E-state index is -0.219. The number of cyclic esters (lactones) is 1. The van der Waals surface area contributed by atoms with Gasteiger partial charge < -0.3 is 4.74 Å². The highest BCUT2D eigenvalue weighted by Gasteiger charge is 2.07. The predicted molar refractivity (Wildman–Crippen MR) is 43.1 cm³/mol. The van der Waals surface area contributed by atoms with Crippen LogP contribution in [0.15, 0.2) is 23.3 Å². The van der Waals surface area contributed by atoms with Crippen LogP contribution in [-0.2, 0) is 9.53 Å². The quantitative estimate of drug-likeness (QED) is 0.536. The monoisotopic (exact) mass is 152 g/mol. The minimum Gasteiger partial charge on any atom is -0.462 e. The molecule has 0 radical (unpaired) electrons. The third kappa shape index (κ3) is 2.58. The summed E-state index contributed by atoms with van der Waals surface area (Å²) in [6, 6.07) is 0. The average molecular weight is 152 g/mol. The predicted octanol–water partition coefficient (Wildman–Crippen LogP) is 1.83. The molecule has 2 nitrogen and oxygen atoms in total. The Labute approximate surface area is 66.5 Å². The molecule has 0 aromatic rings. The zero-order chi connectivity index (χ0) is 8.27. The van der Waals surface area contributed by atoms with Gasteiger partial charge in [-0.15, -0.1) is 0 Å². The van der Waals surface area contributed by atoms with Gasteiger partial charge in [0.2, 0.25) is 0 Å². The first kappa shape index (κ1) is 8.05. The van der Waals surface area contributed by atoms with Crippen molar-refractivity contribution in [3.63, 3.8) is 0 Å². The van der Waals surface area contributed by atoms with E-state index in [-0.39, 0.29) is 5.97 Å². The third-order valence-electron chi connectivity index (χ3n) is 1.41. The molecule has 2 heteroatoms. The smallest absolute Gasteiger partial charge is 0.331 e. The van der Waals surface area contributed by atoms with Crippen molar-refractivity contribution in [1.82, 2.24) is 0 Å². The topological polar surface area (TPSA) is 26.3 Å². The number of hydrogen-bond acceptors (Lipinski definition) is 2. The fourth-order valence-electron chi connectivity index (χ4n) is 1.02. The number of esters is 1. The molecule has 0 aromatic carbocycles. The van der Waals surface area contributed by atoms with Gasteiger partial charge in [-0.05, 0) is 19.4 Å². The van der Waals surface area contributed by atoms with Crippen molar-refractivity contribution in [3.05, 3.63) is 23.3 Å². The lowest BCUT2D eigenvalue weighted by molar-refractivity contribution is -0.138. The van der Waals surface area contributed by atoms with Gasteiger partial charge in [-0.2, -0.15) is 0 Å². The molecule has 0 bridgehead atoms. The lowest BCUT2D eigenvalue weighted by Crippen LogP contribution is -2.09. The molecule has 0 N–H and O–H groups in total. The summed E-state index contributed by atoms with van der Waals surface area (Å²) in [4.78, 5) is 10.7. The van der Waals surface area contributed by atoms with E-state index in [9.17, 15) is 4.79 Å². The standard InChI is InChI=1S/C9H12O2/c1-7(2)5-8-3-4-11-9(10)6-8/h5-6H,3-4H2,1-2H3. The van der Waals surface area contributed by atoms with E-state index in [2.05, 4.69) is 0 Å². The summed E-state index contributed by atoms with van der Waals surface area (Å²) in [7, 11) is 0. The van der Waals surface area contributed by atoms with Crippen LogP contribution in [0.1, 0.15) is 20.3 Å². The molecule has 60 valence electrons. The van der Waals surface area contributed by atoms with Crippen LogP contribution < -0.4 is 0 Å². The maximum Gasteiger partial charge on any atom is 0.331 e. The van der Waals surface area contributed by atoms with Crippen molar-refractivity contribution in [2.75, 3.05) is 6.61 Å². The Morgan fingerprint density at radius 3 is 2.91 bits per heavy atom. The second-order valence-electron chi connectivity index (χ2n) is 2.86. The van der Waals surface area contributed by atoms with Gasteiger partial charge in [-0.1, -0.05) is 11.6 Å². The van der Waals surface area contributed by atoms with Crippen molar-refractivity contribution in [2.24, 2.45) is 0 Å². The number of allylic oxidation sites excluding steroid dienone is 2. The van der Waals surface area contributed by atoms with Crippen molar-refractivity contribution in [2.45, 2.75) is 20.3 Å². The largest absolute Gasteiger partial charge is 0.462 e. The van der Waals surface area contributed by atoms with Gasteiger partial charge in [0.1, 0.15) is 0 Å². The van der Waals surface area contributed by atoms with Crippen LogP contribution in [0.3, 0.4) is 0 Å². The summed E-state index contributed by atoms with van der Waals surface area (Å²) >= 11 is 0. The first-order chi connectivity index (χ1) is 5.18. The molecule has 0 atom stereocenters. The van der Waals surface area contributed by atoms with Gasteiger partial charge in [-0.25, -0.2) is 4.79 Å². The van der Waals surface area contributed by atoms with Gasteiger partial charge in [0, 0.05) is 12.5 Å². The number of carbonyl (C=O) groups is 1. The average Bonchev–Trinajstić information content (AvgIpc) is 1.85. The summed E-state index contributed by atoms with van der Waals surface area (Å²) in [5, 5.41) is 0. The van der Waals surface area contributed by atoms with Crippen molar-refractivity contribution < 1.29 is 9.53 Å². The Kier molecular flexibility index (Phi) is 2.47. The van der Waals surface area contributed by atoms with Crippen LogP contribution in [0.5, 0.6) is 0 Å². The molecule has 0 fully saturated rings. The fourth-order valence-corrected chi connectivity index (χ4v) is 1.02. The zero-order valence-corrected chi connectivity index (χ0v) is 6.89. The Bertz CT molecular complexity index is 220. The minimum absolute atomic E-state index is 0.219. The molecule has 0 aliphatic carbocycles. The van der Waals surface area contributed by atoms with E-state index in [1.807, 2.05) is 19.9 Å². The van der Waals surface area contributed by atoms with Crippen molar-refractivity contribution in [1.29, 1.82) is 0 Å². The Balaban J connectivity index is 2.72. The van der Waals surface area contributed by atoms with Crippen LogP contribution in [-0.4, -0.2) is 12.6 Å².